The van der Waals surface area contributed by atoms with Gasteiger partial charge >= 0.3 is 6.09 Å². The van der Waals surface area contributed by atoms with Crippen LogP contribution >= 0.6 is 15.9 Å². The van der Waals surface area contributed by atoms with Gasteiger partial charge in [0.15, 0.2) is 11.6 Å². The largest absolute Gasteiger partial charge is 0.486 e. The molecule has 0 aliphatic carbocycles. The molecule has 0 radical (unpaired) electrons. The number of ether oxygens (including phenoxy) is 2. The first-order valence-corrected chi connectivity index (χ1v) is 7.18. The predicted octanol–water partition coefficient (Wildman–Crippen LogP) is 4.01. The van der Waals surface area contributed by atoms with Gasteiger partial charge in [-0.05, 0) is 47.3 Å². The van der Waals surface area contributed by atoms with E-state index in [9.17, 15) is 13.6 Å². The molecule has 0 saturated carbocycles. The lowest BCUT2D eigenvalue weighted by molar-refractivity contribution is -0.0195. The van der Waals surface area contributed by atoms with E-state index in [4.69, 9.17) is 15.2 Å². The molecule has 2 N–H and O–H groups in total. The van der Waals surface area contributed by atoms with Gasteiger partial charge in [0.25, 0.3) is 0 Å². The van der Waals surface area contributed by atoms with Crippen LogP contribution in [-0.2, 0) is 4.74 Å². The third kappa shape index (κ3) is 5.15. The summed E-state index contributed by atoms with van der Waals surface area (Å²) in [6.07, 6.45) is -0.472. The lowest BCUT2D eigenvalue weighted by Crippen LogP contribution is -2.41. The summed E-state index contributed by atoms with van der Waals surface area (Å²) in [5.74, 6) is -2.19. The molecule has 7 heteroatoms. The van der Waals surface area contributed by atoms with Crippen LogP contribution in [0.5, 0.6) is 5.75 Å². The fraction of sp³-hybridized carbons (Fsp3) is 0.500. The highest BCUT2D eigenvalue weighted by molar-refractivity contribution is 9.10. The molecule has 0 bridgehead atoms. The molecule has 0 spiro atoms. The van der Waals surface area contributed by atoms with Crippen molar-refractivity contribution in [1.29, 1.82) is 0 Å². The third-order valence-electron chi connectivity index (χ3n) is 2.72. The van der Waals surface area contributed by atoms with Gasteiger partial charge in [-0.15, -0.1) is 0 Å². The number of benzene rings is 1. The monoisotopic (exact) mass is 365 g/mol. The van der Waals surface area contributed by atoms with E-state index in [-0.39, 0.29) is 22.7 Å². The van der Waals surface area contributed by atoms with Gasteiger partial charge < -0.3 is 15.2 Å². The first kappa shape index (κ1) is 17.7. The summed E-state index contributed by atoms with van der Waals surface area (Å²) in [5, 5.41) is 0. The van der Waals surface area contributed by atoms with E-state index in [1.165, 1.54) is 12.1 Å². The normalized spacial score (nSPS) is 13.9. The Kier molecular flexibility index (Phi) is 5.95. The highest BCUT2D eigenvalue weighted by Crippen LogP contribution is 2.28. The maximum absolute atomic E-state index is 13.7. The Bertz CT molecular complexity index is 525. The predicted molar refractivity (Wildman–Crippen MR) is 78.1 cm³/mol. The molecule has 0 fully saturated rings. The van der Waals surface area contributed by atoms with Crippen molar-refractivity contribution in [3.05, 3.63) is 28.2 Å². The summed E-state index contributed by atoms with van der Waals surface area (Å²) in [6, 6.07) is 2.63. The lowest BCUT2D eigenvalue weighted by atomic mass is 9.95. The highest BCUT2D eigenvalue weighted by atomic mass is 79.9. The van der Waals surface area contributed by atoms with Gasteiger partial charge in [-0.2, -0.15) is 4.39 Å². The second-order valence-corrected chi connectivity index (χ2v) is 6.29. The van der Waals surface area contributed by atoms with Crippen LogP contribution in [0, 0.1) is 17.6 Å². The topological polar surface area (TPSA) is 61.6 Å². The van der Waals surface area contributed by atoms with Gasteiger partial charge in [-0.1, -0.05) is 13.8 Å². The zero-order valence-electron chi connectivity index (χ0n) is 12.1. The Morgan fingerprint density at radius 3 is 2.52 bits per heavy atom. The molecule has 118 valence electrons. The number of primary amides is 1. The maximum Gasteiger partial charge on any atom is 0.405 e. The number of carbonyl (C=O) groups is 1. The second-order valence-electron chi connectivity index (χ2n) is 5.43. The van der Waals surface area contributed by atoms with Crippen molar-refractivity contribution in [2.75, 3.05) is 6.61 Å². The fourth-order valence-electron chi connectivity index (χ4n) is 2.09. The molecule has 0 aliphatic heterocycles. The Morgan fingerprint density at radius 1 is 1.38 bits per heavy atom. The first-order chi connectivity index (χ1) is 9.64. The van der Waals surface area contributed by atoms with Crippen molar-refractivity contribution in [1.82, 2.24) is 0 Å². The lowest BCUT2D eigenvalue weighted by Gasteiger charge is -2.30. The molecule has 0 heterocycles. The molecule has 1 unspecified atom stereocenters. The third-order valence-corrected chi connectivity index (χ3v) is 3.33. The average Bonchev–Trinajstić information content (AvgIpc) is 2.33. The van der Waals surface area contributed by atoms with E-state index in [1.807, 2.05) is 13.8 Å². The van der Waals surface area contributed by atoms with Gasteiger partial charge in [-0.25, -0.2) is 9.18 Å². The van der Waals surface area contributed by atoms with Gasteiger partial charge in [0.1, 0.15) is 12.2 Å². The highest BCUT2D eigenvalue weighted by Gasteiger charge is 2.31. The summed E-state index contributed by atoms with van der Waals surface area (Å²) >= 11 is 2.88. The van der Waals surface area contributed by atoms with E-state index < -0.39 is 23.3 Å². The maximum atomic E-state index is 13.7. The van der Waals surface area contributed by atoms with Crippen molar-refractivity contribution >= 4 is 22.0 Å². The quantitative estimate of drug-likeness (QED) is 0.774. The summed E-state index contributed by atoms with van der Waals surface area (Å²) in [4.78, 5) is 11.0. The van der Waals surface area contributed by atoms with E-state index in [2.05, 4.69) is 15.9 Å². The molecule has 0 saturated heterocycles. The molecule has 1 amide bonds. The standard InChI is InChI=1S/C14H18BrF2NO3/c1-8(2)6-14(3,21-13(18)19)7-20-10-5-4-9(15)11(16)12(10)17/h4-5,8H,6-7H2,1-3H3,(H2,18,19). The number of rotatable bonds is 6. The summed E-state index contributed by atoms with van der Waals surface area (Å²) in [6.45, 7) is 5.36. The average molecular weight is 366 g/mol. The van der Waals surface area contributed by atoms with Gasteiger partial charge in [0.2, 0.25) is 5.82 Å². The number of halogens is 3. The molecule has 4 nitrogen and oxygen atoms in total. The molecule has 1 rings (SSSR count). The van der Waals surface area contributed by atoms with Crippen molar-refractivity contribution in [3.8, 4) is 5.75 Å². The summed E-state index contributed by atoms with van der Waals surface area (Å²) < 4.78 is 37.5. The fourth-order valence-corrected chi connectivity index (χ4v) is 2.39. The minimum atomic E-state index is -1.10. The molecule has 21 heavy (non-hydrogen) atoms. The van der Waals surface area contributed by atoms with Crippen LogP contribution in [-0.4, -0.2) is 18.3 Å². The van der Waals surface area contributed by atoms with E-state index in [0.717, 1.165) is 0 Å². The van der Waals surface area contributed by atoms with Crippen LogP contribution < -0.4 is 10.5 Å². The van der Waals surface area contributed by atoms with Crippen molar-refractivity contribution in [3.63, 3.8) is 0 Å². The molecule has 1 aromatic carbocycles. The van der Waals surface area contributed by atoms with Gasteiger partial charge in [-0.3, -0.25) is 0 Å². The number of nitrogens with two attached hydrogens (primary N) is 1. The summed E-state index contributed by atoms with van der Waals surface area (Å²) in [7, 11) is 0. The Hall–Kier alpha value is -1.37. The zero-order valence-corrected chi connectivity index (χ0v) is 13.7. The molecule has 1 aromatic rings. The van der Waals surface area contributed by atoms with Crippen molar-refractivity contribution in [2.45, 2.75) is 32.8 Å². The Balaban J connectivity index is 2.86. The first-order valence-electron chi connectivity index (χ1n) is 6.39. The van der Waals surface area contributed by atoms with Gasteiger partial charge in [0.05, 0.1) is 4.47 Å². The number of carbonyl (C=O) groups excluding carboxylic acids is 1. The smallest absolute Gasteiger partial charge is 0.405 e. The number of hydrogen-bond donors (Lipinski definition) is 1. The molecular formula is C14H18BrF2NO3. The molecule has 1 atom stereocenters. The van der Waals surface area contributed by atoms with E-state index in [0.29, 0.717) is 6.42 Å². The summed E-state index contributed by atoms with van der Waals surface area (Å²) in [5.41, 5.74) is 4.02. The van der Waals surface area contributed by atoms with Crippen LogP contribution in [0.1, 0.15) is 27.2 Å². The molecular weight excluding hydrogens is 348 g/mol. The molecule has 0 aliphatic rings. The SMILES string of the molecule is CC(C)CC(C)(COc1ccc(Br)c(F)c1F)OC(N)=O. The van der Waals surface area contributed by atoms with Crippen molar-refractivity contribution < 1.29 is 23.0 Å². The minimum Gasteiger partial charge on any atom is -0.486 e. The zero-order chi connectivity index (χ0) is 16.2. The van der Waals surface area contributed by atoms with Crippen LogP contribution in [0.2, 0.25) is 0 Å². The van der Waals surface area contributed by atoms with Crippen LogP contribution in [0.25, 0.3) is 0 Å². The van der Waals surface area contributed by atoms with Crippen LogP contribution in [0.4, 0.5) is 13.6 Å². The van der Waals surface area contributed by atoms with E-state index >= 15 is 0 Å². The van der Waals surface area contributed by atoms with Gasteiger partial charge in [0, 0.05) is 0 Å². The Labute approximate surface area is 130 Å². The minimum absolute atomic E-state index is 0.00526. The number of hydrogen-bond acceptors (Lipinski definition) is 3. The Morgan fingerprint density at radius 2 is 2.00 bits per heavy atom. The number of amides is 1. The van der Waals surface area contributed by atoms with Crippen LogP contribution in [0.15, 0.2) is 16.6 Å². The molecule has 0 aromatic heterocycles. The van der Waals surface area contributed by atoms with E-state index in [1.54, 1.807) is 6.92 Å². The van der Waals surface area contributed by atoms with Crippen molar-refractivity contribution in [2.24, 2.45) is 11.7 Å². The second kappa shape index (κ2) is 7.06. The van der Waals surface area contributed by atoms with Crippen LogP contribution in [0.3, 0.4) is 0 Å².